The number of alkyl halides is 3. The van der Waals surface area contributed by atoms with Crippen LogP contribution in [0.3, 0.4) is 0 Å². The molecule has 0 amide bonds. The number of hydrazine groups is 1. The zero-order chi connectivity index (χ0) is 19.9. The third-order valence-electron chi connectivity index (χ3n) is 4.94. The van der Waals surface area contributed by atoms with Crippen LogP contribution in [0.5, 0.6) is 0 Å². The van der Waals surface area contributed by atoms with Gasteiger partial charge < -0.3 is 0 Å². The highest BCUT2D eigenvalue weighted by Crippen LogP contribution is 2.37. The van der Waals surface area contributed by atoms with Gasteiger partial charge >= 0.3 is 6.18 Å². The Morgan fingerprint density at radius 1 is 1.11 bits per heavy atom. The van der Waals surface area contributed by atoms with Crippen molar-refractivity contribution in [3.63, 3.8) is 0 Å². The van der Waals surface area contributed by atoms with Crippen molar-refractivity contribution in [2.45, 2.75) is 26.6 Å². The largest absolute Gasteiger partial charge is 0.432 e. The summed E-state index contributed by atoms with van der Waals surface area (Å²) in [5, 5.41) is 2.98. The van der Waals surface area contributed by atoms with Gasteiger partial charge in [-0.1, -0.05) is 24.3 Å². The smallest absolute Gasteiger partial charge is 0.269 e. The van der Waals surface area contributed by atoms with E-state index in [0.29, 0.717) is 18.8 Å². The third kappa shape index (κ3) is 3.47. The number of benzene rings is 1. The SMILES string of the molecule is Cc1cc(-c2ccc(CN3CC=C4C=CC=C(C(F)(F)F)N43)cc2C)ccn1. The average molecular weight is 383 g/mol. The van der Waals surface area contributed by atoms with Gasteiger partial charge in [0.05, 0.1) is 5.70 Å². The van der Waals surface area contributed by atoms with E-state index in [9.17, 15) is 13.2 Å². The van der Waals surface area contributed by atoms with Gasteiger partial charge in [0.2, 0.25) is 0 Å². The normalized spacial score (nSPS) is 16.8. The van der Waals surface area contributed by atoms with E-state index in [1.807, 2.05) is 50.3 Å². The molecule has 2 aliphatic heterocycles. The number of nitrogens with zero attached hydrogens (tertiary/aromatic N) is 3. The van der Waals surface area contributed by atoms with Crippen molar-refractivity contribution < 1.29 is 13.2 Å². The molecule has 4 rings (SSSR count). The maximum atomic E-state index is 13.4. The minimum absolute atomic E-state index is 0.401. The molecule has 0 atom stereocenters. The molecule has 0 saturated carbocycles. The van der Waals surface area contributed by atoms with Gasteiger partial charge in [-0.3, -0.25) is 9.99 Å². The Kier molecular flexibility index (Phi) is 4.59. The zero-order valence-electron chi connectivity index (χ0n) is 15.7. The molecule has 0 bridgehead atoms. The molecular weight excluding hydrogens is 363 g/mol. The maximum Gasteiger partial charge on any atom is 0.432 e. The van der Waals surface area contributed by atoms with Gasteiger partial charge in [0.15, 0.2) is 0 Å². The Bertz CT molecular complexity index is 1000. The fourth-order valence-corrected chi connectivity index (χ4v) is 3.69. The quantitative estimate of drug-likeness (QED) is 0.717. The monoisotopic (exact) mass is 383 g/mol. The molecule has 144 valence electrons. The second-order valence-electron chi connectivity index (χ2n) is 7.03. The molecule has 1 aromatic heterocycles. The Hall–Kier alpha value is -2.86. The van der Waals surface area contributed by atoms with Gasteiger partial charge in [0, 0.05) is 25.0 Å². The molecule has 0 saturated heterocycles. The van der Waals surface area contributed by atoms with Crippen molar-refractivity contribution >= 4 is 0 Å². The predicted octanol–water partition coefficient (Wildman–Crippen LogP) is 5.30. The van der Waals surface area contributed by atoms with Crippen LogP contribution >= 0.6 is 0 Å². The highest BCUT2D eigenvalue weighted by atomic mass is 19.4. The Labute approximate surface area is 162 Å². The van der Waals surface area contributed by atoms with E-state index in [4.69, 9.17) is 0 Å². The van der Waals surface area contributed by atoms with Crippen molar-refractivity contribution in [3.05, 3.63) is 89.0 Å². The van der Waals surface area contributed by atoms with E-state index in [-0.39, 0.29) is 0 Å². The van der Waals surface area contributed by atoms with Gasteiger partial charge in [-0.2, -0.15) is 13.2 Å². The van der Waals surface area contributed by atoms with Gasteiger partial charge in [-0.15, -0.1) is 0 Å². The van der Waals surface area contributed by atoms with Crippen molar-refractivity contribution in [3.8, 4) is 11.1 Å². The second-order valence-corrected chi connectivity index (χ2v) is 7.03. The molecule has 0 spiro atoms. The average Bonchev–Trinajstić information content (AvgIpc) is 3.04. The lowest BCUT2D eigenvalue weighted by atomic mass is 9.98. The van der Waals surface area contributed by atoms with Crippen LogP contribution in [0.2, 0.25) is 0 Å². The first-order valence-corrected chi connectivity index (χ1v) is 9.06. The van der Waals surface area contributed by atoms with Crippen molar-refractivity contribution in [1.29, 1.82) is 0 Å². The number of aryl methyl sites for hydroxylation is 2. The van der Waals surface area contributed by atoms with E-state index in [1.165, 1.54) is 11.1 Å². The van der Waals surface area contributed by atoms with E-state index in [0.717, 1.165) is 34.0 Å². The number of hydrogen-bond donors (Lipinski definition) is 0. The van der Waals surface area contributed by atoms with Crippen LogP contribution in [0.15, 0.2) is 72.2 Å². The number of rotatable bonds is 3. The van der Waals surface area contributed by atoms with Crippen LogP contribution in [-0.4, -0.2) is 27.7 Å². The van der Waals surface area contributed by atoms with Crippen LogP contribution < -0.4 is 0 Å². The van der Waals surface area contributed by atoms with Crippen LogP contribution in [0.25, 0.3) is 11.1 Å². The summed E-state index contributed by atoms with van der Waals surface area (Å²) < 4.78 is 40.3. The predicted molar refractivity (Wildman–Crippen MR) is 103 cm³/mol. The molecule has 0 N–H and O–H groups in total. The molecule has 0 aliphatic carbocycles. The van der Waals surface area contributed by atoms with Crippen LogP contribution in [0.1, 0.15) is 16.8 Å². The molecule has 2 aliphatic rings. The van der Waals surface area contributed by atoms with Crippen molar-refractivity contribution in [2.75, 3.05) is 6.54 Å². The molecule has 2 aromatic rings. The number of allylic oxidation sites excluding steroid dienone is 4. The van der Waals surface area contributed by atoms with Crippen LogP contribution in [-0.2, 0) is 6.54 Å². The molecule has 0 fully saturated rings. The first kappa shape index (κ1) is 18.5. The van der Waals surface area contributed by atoms with E-state index >= 15 is 0 Å². The summed E-state index contributed by atoms with van der Waals surface area (Å²) >= 11 is 0. The molecule has 1 aromatic carbocycles. The van der Waals surface area contributed by atoms with Gasteiger partial charge in [0.1, 0.15) is 5.70 Å². The Balaban J connectivity index is 1.58. The number of aromatic nitrogens is 1. The van der Waals surface area contributed by atoms with E-state index in [1.54, 1.807) is 17.3 Å². The molecule has 3 nitrogen and oxygen atoms in total. The molecule has 6 heteroatoms. The van der Waals surface area contributed by atoms with Crippen molar-refractivity contribution in [2.24, 2.45) is 0 Å². The second kappa shape index (κ2) is 6.95. The van der Waals surface area contributed by atoms with E-state index < -0.39 is 11.9 Å². The number of fused-ring (bicyclic) bond motifs is 1. The van der Waals surface area contributed by atoms with E-state index in [2.05, 4.69) is 4.98 Å². The van der Waals surface area contributed by atoms with Crippen LogP contribution in [0.4, 0.5) is 13.2 Å². The number of pyridine rings is 1. The highest BCUT2D eigenvalue weighted by molar-refractivity contribution is 5.67. The standard InChI is InChI=1S/C22H20F3N3/c1-15-12-17(6-7-20(15)18-8-10-26-16(2)13-18)14-27-11-9-19-4-3-5-21(28(19)27)22(23,24)25/h3-10,12-13H,11,14H2,1-2H3. The molecular formula is C22H20F3N3. The zero-order valence-corrected chi connectivity index (χ0v) is 15.7. The summed E-state index contributed by atoms with van der Waals surface area (Å²) in [5.74, 6) is 0. The number of halogens is 3. The molecule has 3 heterocycles. The summed E-state index contributed by atoms with van der Waals surface area (Å²) in [6.45, 7) is 4.81. The fourth-order valence-electron chi connectivity index (χ4n) is 3.69. The fraction of sp³-hybridized carbons (Fsp3) is 0.227. The lowest BCUT2D eigenvalue weighted by Crippen LogP contribution is -2.41. The highest BCUT2D eigenvalue weighted by Gasteiger charge is 2.42. The molecule has 0 unspecified atom stereocenters. The molecule has 0 radical (unpaired) electrons. The lowest BCUT2D eigenvalue weighted by Gasteiger charge is -2.35. The Morgan fingerprint density at radius 2 is 1.93 bits per heavy atom. The third-order valence-corrected chi connectivity index (χ3v) is 4.94. The van der Waals surface area contributed by atoms with Crippen LogP contribution in [0, 0.1) is 13.8 Å². The summed E-state index contributed by atoms with van der Waals surface area (Å²) in [7, 11) is 0. The summed E-state index contributed by atoms with van der Waals surface area (Å²) in [6, 6.07) is 10.0. The van der Waals surface area contributed by atoms with Crippen molar-refractivity contribution in [1.82, 2.24) is 15.0 Å². The lowest BCUT2D eigenvalue weighted by molar-refractivity contribution is -0.129. The first-order chi connectivity index (χ1) is 13.3. The number of hydrogen-bond acceptors (Lipinski definition) is 3. The Morgan fingerprint density at radius 3 is 2.64 bits per heavy atom. The van der Waals surface area contributed by atoms with Gasteiger partial charge in [-0.05, 0) is 66.5 Å². The van der Waals surface area contributed by atoms with Gasteiger partial charge in [0.25, 0.3) is 0 Å². The summed E-state index contributed by atoms with van der Waals surface area (Å²) in [6.07, 6.45) is 3.47. The van der Waals surface area contributed by atoms with Gasteiger partial charge in [-0.25, -0.2) is 5.01 Å². The summed E-state index contributed by atoms with van der Waals surface area (Å²) in [5.41, 5.74) is 5.10. The minimum Gasteiger partial charge on any atom is -0.269 e. The minimum atomic E-state index is -4.40. The topological polar surface area (TPSA) is 19.4 Å². The molecule has 28 heavy (non-hydrogen) atoms. The summed E-state index contributed by atoms with van der Waals surface area (Å²) in [4.78, 5) is 4.23. The maximum absolute atomic E-state index is 13.4. The first-order valence-electron chi connectivity index (χ1n) is 9.06.